The van der Waals surface area contributed by atoms with Crippen LogP contribution in [0.1, 0.15) is 16.2 Å². The van der Waals surface area contributed by atoms with Crippen molar-refractivity contribution in [2.75, 3.05) is 0 Å². The molecule has 3 rings (SSSR count). The molecule has 124 valence electrons. The minimum Gasteiger partial charge on any atom is -0.470 e. The van der Waals surface area contributed by atoms with Crippen molar-refractivity contribution >= 4 is 17.5 Å². The van der Waals surface area contributed by atoms with E-state index in [4.69, 9.17) is 16.3 Å². The quantitative estimate of drug-likeness (QED) is 0.743. The summed E-state index contributed by atoms with van der Waals surface area (Å²) in [7, 11) is 1.83. The van der Waals surface area contributed by atoms with Gasteiger partial charge >= 0.3 is 0 Å². The Balaban J connectivity index is 1.54. The van der Waals surface area contributed by atoms with Crippen molar-refractivity contribution in [1.29, 1.82) is 0 Å². The molecular weight excluding hydrogens is 330 g/mol. The van der Waals surface area contributed by atoms with Gasteiger partial charge in [-0.15, -0.1) is 0 Å². The van der Waals surface area contributed by atoms with Crippen LogP contribution < -0.4 is 10.1 Å². The maximum atomic E-state index is 12.1. The van der Waals surface area contributed by atoms with Crippen LogP contribution in [0.4, 0.5) is 0 Å². The molecule has 7 nitrogen and oxygen atoms in total. The largest absolute Gasteiger partial charge is 0.470 e. The third-order valence-corrected chi connectivity index (χ3v) is 3.57. The lowest BCUT2D eigenvalue weighted by molar-refractivity contribution is 0.0943. The fourth-order valence-electron chi connectivity index (χ4n) is 2.07. The molecule has 0 aliphatic rings. The Hall–Kier alpha value is -2.80. The van der Waals surface area contributed by atoms with E-state index >= 15 is 0 Å². The Morgan fingerprint density at radius 1 is 1.21 bits per heavy atom. The monoisotopic (exact) mass is 345 g/mol. The van der Waals surface area contributed by atoms with E-state index in [9.17, 15) is 4.79 Å². The number of benzene rings is 1. The van der Waals surface area contributed by atoms with E-state index in [0.29, 0.717) is 23.0 Å². The first-order valence-electron chi connectivity index (χ1n) is 7.29. The van der Waals surface area contributed by atoms with Crippen molar-refractivity contribution in [1.82, 2.24) is 24.9 Å². The summed E-state index contributed by atoms with van der Waals surface area (Å²) in [5.74, 6) is 0.299. The van der Waals surface area contributed by atoms with Gasteiger partial charge in [0.1, 0.15) is 11.4 Å². The summed E-state index contributed by atoms with van der Waals surface area (Å²) >= 11 is 6.02. The third-order valence-electron chi connectivity index (χ3n) is 3.26. The van der Waals surface area contributed by atoms with Crippen LogP contribution in [0.15, 0.2) is 48.8 Å². The molecular formula is C16H16ClN5O2. The maximum Gasteiger partial charge on any atom is 0.272 e. The van der Waals surface area contributed by atoms with Crippen LogP contribution >= 0.6 is 11.6 Å². The molecule has 0 saturated carbocycles. The predicted octanol–water partition coefficient (Wildman–Crippen LogP) is 2.24. The molecule has 0 spiro atoms. The first-order valence-corrected chi connectivity index (χ1v) is 7.67. The molecule has 1 aromatic carbocycles. The summed E-state index contributed by atoms with van der Waals surface area (Å²) in [5.41, 5.74) is 1.10. The van der Waals surface area contributed by atoms with Gasteiger partial charge in [-0.3, -0.25) is 9.48 Å². The summed E-state index contributed by atoms with van der Waals surface area (Å²) in [4.78, 5) is 12.1. The zero-order chi connectivity index (χ0) is 16.9. The Morgan fingerprint density at radius 2 is 2.04 bits per heavy atom. The van der Waals surface area contributed by atoms with E-state index in [1.165, 1.54) is 4.68 Å². The number of carbonyl (C=O) groups excluding carboxylic acids is 1. The summed E-state index contributed by atoms with van der Waals surface area (Å²) in [5, 5.41) is 11.7. The van der Waals surface area contributed by atoms with E-state index in [0.717, 1.165) is 5.69 Å². The van der Waals surface area contributed by atoms with E-state index in [1.54, 1.807) is 29.1 Å². The minimum atomic E-state index is -0.267. The fraction of sp³-hybridized carbons (Fsp3) is 0.188. The maximum absolute atomic E-state index is 12.1. The van der Waals surface area contributed by atoms with Gasteiger partial charge in [0.05, 0.1) is 17.3 Å². The topological polar surface area (TPSA) is 74.0 Å². The van der Waals surface area contributed by atoms with Gasteiger partial charge in [0.2, 0.25) is 0 Å². The molecule has 3 aromatic rings. The van der Waals surface area contributed by atoms with Crippen LogP contribution in [0, 0.1) is 0 Å². The second kappa shape index (κ2) is 7.18. The number of para-hydroxylation sites is 1. The van der Waals surface area contributed by atoms with Crippen LogP contribution in [0.5, 0.6) is 5.75 Å². The molecule has 24 heavy (non-hydrogen) atoms. The standard InChI is InChI=1S/C16H16ClN5O2/c1-21-8-6-12(19-21)10-18-16(23)14-7-9-22(20-14)11-24-15-5-3-2-4-13(15)17/h2-9H,10-11H2,1H3,(H,18,23). The average molecular weight is 346 g/mol. The number of rotatable bonds is 6. The number of aryl methyl sites for hydroxylation is 1. The van der Waals surface area contributed by atoms with E-state index in [-0.39, 0.29) is 12.6 Å². The first-order chi connectivity index (χ1) is 11.6. The second-order valence-corrected chi connectivity index (χ2v) is 5.51. The van der Waals surface area contributed by atoms with Crippen LogP contribution in [0.2, 0.25) is 5.02 Å². The lowest BCUT2D eigenvalue weighted by Gasteiger charge is -2.07. The highest BCUT2D eigenvalue weighted by molar-refractivity contribution is 6.32. The smallest absolute Gasteiger partial charge is 0.272 e. The molecule has 2 aromatic heterocycles. The molecule has 0 atom stereocenters. The zero-order valence-electron chi connectivity index (χ0n) is 13.0. The molecule has 0 bridgehead atoms. The number of halogens is 1. The van der Waals surface area contributed by atoms with Crippen LogP contribution in [0.3, 0.4) is 0 Å². The highest BCUT2D eigenvalue weighted by atomic mass is 35.5. The molecule has 0 aliphatic heterocycles. The Labute approximate surface area is 143 Å². The first kappa shape index (κ1) is 16.1. The number of nitrogens with zero attached hydrogens (tertiary/aromatic N) is 4. The van der Waals surface area contributed by atoms with Crippen LogP contribution in [-0.4, -0.2) is 25.5 Å². The lowest BCUT2D eigenvalue weighted by Crippen LogP contribution is -2.24. The molecule has 8 heteroatoms. The van der Waals surface area contributed by atoms with Crippen molar-refractivity contribution in [3.63, 3.8) is 0 Å². The van der Waals surface area contributed by atoms with E-state index in [2.05, 4.69) is 15.5 Å². The van der Waals surface area contributed by atoms with Crippen molar-refractivity contribution in [3.05, 3.63) is 65.2 Å². The number of hydrogen-bond donors (Lipinski definition) is 1. The molecule has 1 N–H and O–H groups in total. The summed E-state index contributed by atoms with van der Waals surface area (Å²) in [6, 6.07) is 10.6. The highest BCUT2D eigenvalue weighted by Crippen LogP contribution is 2.23. The zero-order valence-corrected chi connectivity index (χ0v) is 13.8. The lowest BCUT2D eigenvalue weighted by atomic mass is 10.3. The molecule has 2 heterocycles. The van der Waals surface area contributed by atoms with Gasteiger partial charge in [-0.1, -0.05) is 23.7 Å². The van der Waals surface area contributed by atoms with E-state index in [1.807, 2.05) is 31.4 Å². The van der Waals surface area contributed by atoms with Gasteiger partial charge in [0.25, 0.3) is 5.91 Å². The number of amides is 1. The fourth-order valence-corrected chi connectivity index (χ4v) is 2.26. The highest BCUT2D eigenvalue weighted by Gasteiger charge is 2.10. The van der Waals surface area contributed by atoms with Gasteiger partial charge in [-0.25, -0.2) is 4.68 Å². The molecule has 0 unspecified atom stereocenters. The van der Waals surface area contributed by atoms with Gasteiger partial charge in [0, 0.05) is 19.4 Å². The number of nitrogens with one attached hydrogen (secondary N) is 1. The third kappa shape index (κ3) is 3.94. The molecule has 0 radical (unpaired) electrons. The Kier molecular flexibility index (Phi) is 4.81. The Morgan fingerprint density at radius 3 is 2.79 bits per heavy atom. The summed E-state index contributed by atoms with van der Waals surface area (Å²) in [6.07, 6.45) is 3.49. The SMILES string of the molecule is Cn1ccc(CNC(=O)c2ccn(COc3ccccc3Cl)n2)n1. The number of aromatic nitrogens is 4. The van der Waals surface area contributed by atoms with Crippen LogP contribution in [0.25, 0.3) is 0 Å². The molecule has 1 amide bonds. The minimum absolute atomic E-state index is 0.164. The normalized spacial score (nSPS) is 10.6. The molecule has 0 aliphatic carbocycles. The van der Waals surface area contributed by atoms with Gasteiger partial charge in [-0.05, 0) is 24.3 Å². The van der Waals surface area contributed by atoms with Crippen molar-refractivity contribution < 1.29 is 9.53 Å². The van der Waals surface area contributed by atoms with Gasteiger partial charge in [0.15, 0.2) is 6.73 Å². The van der Waals surface area contributed by atoms with Crippen molar-refractivity contribution in [2.24, 2.45) is 7.05 Å². The number of carbonyl (C=O) groups is 1. The summed E-state index contributed by atoms with van der Waals surface area (Å²) in [6.45, 7) is 0.514. The van der Waals surface area contributed by atoms with E-state index < -0.39 is 0 Å². The second-order valence-electron chi connectivity index (χ2n) is 5.11. The number of hydrogen-bond acceptors (Lipinski definition) is 4. The average Bonchev–Trinajstić information content (AvgIpc) is 3.21. The van der Waals surface area contributed by atoms with Crippen LogP contribution in [-0.2, 0) is 20.3 Å². The van der Waals surface area contributed by atoms with Crippen molar-refractivity contribution in [3.8, 4) is 5.75 Å². The predicted molar refractivity (Wildman–Crippen MR) is 88.7 cm³/mol. The Bertz CT molecular complexity index is 842. The number of ether oxygens (including phenoxy) is 1. The van der Waals surface area contributed by atoms with Gasteiger partial charge < -0.3 is 10.1 Å². The van der Waals surface area contributed by atoms with Crippen molar-refractivity contribution in [2.45, 2.75) is 13.3 Å². The summed E-state index contributed by atoms with van der Waals surface area (Å²) < 4.78 is 8.78. The molecule has 0 fully saturated rings. The van der Waals surface area contributed by atoms with Gasteiger partial charge in [-0.2, -0.15) is 10.2 Å². The molecule has 0 saturated heterocycles.